The number of allylic oxidation sites excluding steroid dienone is 1. The minimum Gasteiger partial charge on any atom is -0.406 e. The molecule has 0 aliphatic heterocycles. The molecule has 0 aliphatic carbocycles. The zero-order valence-electron chi connectivity index (χ0n) is 11.8. The molecule has 0 heterocycles. The normalized spacial score (nSPS) is 9.55. The molecule has 0 fully saturated rings. The molecule has 108 valence electrons. The lowest BCUT2D eigenvalue weighted by Crippen LogP contribution is -2.24. The van der Waals surface area contributed by atoms with Crippen LogP contribution in [0.25, 0.3) is 0 Å². The highest BCUT2D eigenvalue weighted by Gasteiger charge is 2.13. The number of amides is 2. The maximum absolute atomic E-state index is 11.3. The number of carbonyl (C=O) groups excluding carboxylic acids is 2. The van der Waals surface area contributed by atoms with E-state index in [-0.39, 0.29) is 11.5 Å². The first-order valence-electron chi connectivity index (χ1n) is 6.02. The molecule has 0 atom stereocenters. The SMILES string of the molecule is C=C(C)Cc1ccc(OC(=O)NC)c(OC(=O)NC)c1. The Morgan fingerprint density at radius 1 is 1.10 bits per heavy atom. The summed E-state index contributed by atoms with van der Waals surface area (Å²) in [7, 11) is 2.89. The van der Waals surface area contributed by atoms with E-state index in [1.165, 1.54) is 14.1 Å². The first-order valence-corrected chi connectivity index (χ1v) is 6.02. The minimum absolute atomic E-state index is 0.165. The van der Waals surface area contributed by atoms with Gasteiger partial charge < -0.3 is 20.1 Å². The van der Waals surface area contributed by atoms with Crippen LogP contribution in [0.4, 0.5) is 9.59 Å². The Bertz CT molecular complexity index is 526. The van der Waals surface area contributed by atoms with Gasteiger partial charge in [-0.05, 0) is 31.0 Å². The third kappa shape index (κ3) is 4.64. The van der Waals surface area contributed by atoms with Crippen LogP contribution in [0.2, 0.25) is 0 Å². The molecule has 1 aromatic rings. The van der Waals surface area contributed by atoms with Crippen LogP contribution in [0.3, 0.4) is 0 Å². The van der Waals surface area contributed by atoms with Gasteiger partial charge in [-0.15, -0.1) is 0 Å². The Hall–Kier alpha value is -2.50. The van der Waals surface area contributed by atoms with Gasteiger partial charge in [0.15, 0.2) is 11.5 Å². The molecular weight excluding hydrogens is 260 g/mol. The van der Waals surface area contributed by atoms with E-state index < -0.39 is 12.2 Å². The quantitative estimate of drug-likeness (QED) is 0.828. The highest BCUT2D eigenvalue weighted by Crippen LogP contribution is 2.29. The van der Waals surface area contributed by atoms with Crippen molar-refractivity contribution >= 4 is 12.2 Å². The summed E-state index contributed by atoms with van der Waals surface area (Å²) >= 11 is 0. The smallest absolute Gasteiger partial charge is 0.406 e. The Balaban J connectivity index is 3.05. The molecule has 0 bridgehead atoms. The van der Waals surface area contributed by atoms with Gasteiger partial charge in [0.2, 0.25) is 0 Å². The highest BCUT2D eigenvalue weighted by molar-refractivity contribution is 5.74. The monoisotopic (exact) mass is 278 g/mol. The van der Waals surface area contributed by atoms with E-state index in [0.29, 0.717) is 6.42 Å². The summed E-state index contributed by atoms with van der Waals surface area (Å²) in [4.78, 5) is 22.6. The molecule has 0 aliphatic rings. The number of benzene rings is 1. The van der Waals surface area contributed by atoms with Gasteiger partial charge in [0.05, 0.1) is 0 Å². The van der Waals surface area contributed by atoms with Gasteiger partial charge in [-0.2, -0.15) is 0 Å². The topological polar surface area (TPSA) is 76.7 Å². The van der Waals surface area contributed by atoms with Gasteiger partial charge in [-0.25, -0.2) is 9.59 Å². The number of rotatable bonds is 4. The third-order valence-corrected chi connectivity index (χ3v) is 2.33. The standard InChI is InChI=1S/C14H18N2O4/c1-9(2)7-10-5-6-11(19-13(17)15-3)12(8-10)20-14(18)16-4/h5-6,8H,1,7H2,2-4H3,(H,15,17)(H,16,18). The van der Waals surface area contributed by atoms with E-state index in [2.05, 4.69) is 17.2 Å². The Morgan fingerprint density at radius 3 is 2.15 bits per heavy atom. The van der Waals surface area contributed by atoms with Gasteiger partial charge >= 0.3 is 12.2 Å². The number of ether oxygens (including phenoxy) is 2. The van der Waals surface area contributed by atoms with Crippen molar-refractivity contribution in [2.24, 2.45) is 0 Å². The zero-order chi connectivity index (χ0) is 15.1. The average molecular weight is 278 g/mol. The summed E-state index contributed by atoms with van der Waals surface area (Å²) in [5.41, 5.74) is 1.87. The molecule has 0 radical (unpaired) electrons. The summed E-state index contributed by atoms with van der Waals surface area (Å²) in [6.07, 6.45) is -0.636. The molecule has 0 spiro atoms. The van der Waals surface area contributed by atoms with Crippen molar-refractivity contribution in [3.63, 3.8) is 0 Å². The zero-order valence-corrected chi connectivity index (χ0v) is 11.8. The summed E-state index contributed by atoms with van der Waals surface area (Å²) < 4.78 is 10.1. The van der Waals surface area contributed by atoms with Gasteiger partial charge in [0.1, 0.15) is 0 Å². The number of hydrogen-bond acceptors (Lipinski definition) is 4. The fraction of sp³-hybridized carbons (Fsp3) is 0.286. The molecule has 1 rings (SSSR count). The van der Waals surface area contributed by atoms with Gasteiger partial charge in [0.25, 0.3) is 0 Å². The van der Waals surface area contributed by atoms with Crippen molar-refractivity contribution in [2.75, 3.05) is 14.1 Å². The lowest BCUT2D eigenvalue weighted by atomic mass is 10.1. The van der Waals surface area contributed by atoms with Crippen molar-refractivity contribution in [1.29, 1.82) is 0 Å². The lowest BCUT2D eigenvalue weighted by Gasteiger charge is -2.11. The lowest BCUT2D eigenvalue weighted by molar-refractivity contribution is 0.192. The average Bonchev–Trinajstić information content (AvgIpc) is 2.40. The number of hydrogen-bond donors (Lipinski definition) is 2. The largest absolute Gasteiger partial charge is 0.412 e. The molecule has 6 heteroatoms. The van der Waals surface area contributed by atoms with Crippen molar-refractivity contribution in [3.8, 4) is 11.5 Å². The molecule has 0 aromatic heterocycles. The Labute approximate surface area is 117 Å². The predicted molar refractivity (Wildman–Crippen MR) is 75.1 cm³/mol. The van der Waals surface area contributed by atoms with Gasteiger partial charge in [0, 0.05) is 14.1 Å². The Morgan fingerprint density at radius 2 is 1.65 bits per heavy atom. The second-order valence-corrected chi connectivity index (χ2v) is 4.19. The summed E-state index contributed by atoms with van der Waals surface area (Å²) in [6, 6.07) is 5.00. The van der Waals surface area contributed by atoms with Crippen LogP contribution in [0, 0.1) is 0 Å². The molecule has 20 heavy (non-hydrogen) atoms. The van der Waals surface area contributed by atoms with E-state index in [0.717, 1.165) is 11.1 Å². The summed E-state index contributed by atoms with van der Waals surface area (Å²) in [5.74, 6) is 0.338. The van der Waals surface area contributed by atoms with Crippen LogP contribution in [0.1, 0.15) is 12.5 Å². The third-order valence-electron chi connectivity index (χ3n) is 2.33. The van der Waals surface area contributed by atoms with Crippen LogP contribution in [-0.2, 0) is 6.42 Å². The second kappa shape index (κ2) is 7.18. The number of carbonyl (C=O) groups is 2. The van der Waals surface area contributed by atoms with E-state index in [1.54, 1.807) is 18.2 Å². The maximum atomic E-state index is 11.3. The van der Waals surface area contributed by atoms with Crippen LogP contribution >= 0.6 is 0 Å². The molecular formula is C14H18N2O4. The molecule has 2 amide bonds. The first kappa shape index (κ1) is 15.6. The van der Waals surface area contributed by atoms with Crippen LogP contribution in [0.5, 0.6) is 11.5 Å². The van der Waals surface area contributed by atoms with Crippen LogP contribution in [-0.4, -0.2) is 26.3 Å². The maximum Gasteiger partial charge on any atom is 0.412 e. The van der Waals surface area contributed by atoms with Gasteiger partial charge in [-0.1, -0.05) is 18.2 Å². The molecule has 0 saturated carbocycles. The highest BCUT2D eigenvalue weighted by atomic mass is 16.6. The van der Waals surface area contributed by atoms with Crippen molar-refractivity contribution in [1.82, 2.24) is 10.6 Å². The van der Waals surface area contributed by atoms with E-state index in [9.17, 15) is 9.59 Å². The van der Waals surface area contributed by atoms with Crippen molar-refractivity contribution < 1.29 is 19.1 Å². The number of nitrogens with one attached hydrogen (secondary N) is 2. The van der Waals surface area contributed by atoms with Gasteiger partial charge in [-0.3, -0.25) is 0 Å². The van der Waals surface area contributed by atoms with Crippen molar-refractivity contribution in [2.45, 2.75) is 13.3 Å². The molecule has 2 N–H and O–H groups in total. The van der Waals surface area contributed by atoms with E-state index in [1.807, 2.05) is 6.92 Å². The van der Waals surface area contributed by atoms with E-state index >= 15 is 0 Å². The minimum atomic E-state index is -0.640. The summed E-state index contributed by atoms with van der Waals surface area (Å²) in [5, 5.41) is 4.66. The molecule has 0 unspecified atom stereocenters. The Kier molecular flexibility index (Phi) is 5.58. The molecule has 1 aromatic carbocycles. The molecule has 6 nitrogen and oxygen atoms in total. The van der Waals surface area contributed by atoms with E-state index in [4.69, 9.17) is 9.47 Å². The summed E-state index contributed by atoms with van der Waals surface area (Å²) in [6.45, 7) is 5.72. The van der Waals surface area contributed by atoms with Crippen LogP contribution in [0.15, 0.2) is 30.4 Å². The molecule has 0 saturated heterocycles. The first-order chi connectivity index (χ1) is 9.46. The van der Waals surface area contributed by atoms with Crippen LogP contribution < -0.4 is 20.1 Å². The second-order valence-electron chi connectivity index (χ2n) is 4.19. The predicted octanol–water partition coefficient (Wildman–Crippen LogP) is 2.24. The fourth-order valence-corrected chi connectivity index (χ4v) is 1.48. The fourth-order valence-electron chi connectivity index (χ4n) is 1.48. The van der Waals surface area contributed by atoms with Crippen molar-refractivity contribution in [3.05, 3.63) is 35.9 Å².